The Morgan fingerprint density at radius 2 is 2.00 bits per heavy atom. The van der Waals surface area contributed by atoms with Gasteiger partial charge in [0.1, 0.15) is 5.82 Å². The van der Waals surface area contributed by atoms with Crippen LogP contribution in [0.3, 0.4) is 0 Å². The molecule has 1 N–H and O–H groups in total. The zero-order valence-electron chi connectivity index (χ0n) is 11.0. The zero-order chi connectivity index (χ0) is 13.1. The summed E-state index contributed by atoms with van der Waals surface area (Å²) >= 11 is 0. The fourth-order valence-corrected chi connectivity index (χ4v) is 2.67. The van der Waals surface area contributed by atoms with E-state index in [0.29, 0.717) is 6.04 Å². The van der Waals surface area contributed by atoms with Gasteiger partial charge in [-0.25, -0.2) is 4.39 Å². The average Bonchev–Trinajstić information content (AvgIpc) is 2.50. The molecule has 0 amide bonds. The number of benzene rings is 1. The van der Waals surface area contributed by atoms with Crippen molar-refractivity contribution in [2.45, 2.75) is 25.4 Å². The fraction of sp³-hybridized carbons (Fsp3) is 0.571. The molecule has 2 rings (SSSR count). The van der Waals surface area contributed by atoms with Crippen LogP contribution < -0.4 is 4.90 Å². The van der Waals surface area contributed by atoms with Crippen LogP contribution in [0.1, 0.15) is 13.3 Å². The van der Waals surface area contributed by atoms with Gasteiger partial charge in [-0.2, -0.15) is 0 Å². The van der Waals surface area contributed by atoms with Gasteiger partial charge in [-0.15, -0.1) is 0 Å². The number of hydrogen-bond acceptors (Lipinski definition) is 3. The number of aliphatic hydroxyl groups excluding tert-OH is 1. The smallest absolute Gasteiger partial charge is 0.123 e. The lowest BCUT2D eigenvalue weighted by atomic mass is 10.1. The Hall–Kier alpha value is -1.13. The number of anilines is 1. The van der Waals surface area contributed by atoms with E-state index in [9.17, 15) is 9.50 Å². The van der Waals surface area contributed by atoms with Gasteiger partial charge in [-0.05, 0) is 51.2 Å². The van der Waals surface area contributed by atoms with Gasteiger partial charge in [0.2, 0.25) is 0 Å². The predicted octanol–water partition coefficient (Wildman–Crippen LogP) is 1.72. The van der Waals surface area contributed by atoms with E-state index in [4.69, 9.17) is 0 Å². The van der Waals surface area contributed by atoms with Crippen LogP contribution in [-0.4, -0.2) is 48.8 Å². The predicted molar refractivity (Wildman–Crippen MR) is 71.3 cm³/mol. The van der Waals surface area contributed by atoms with Crippen LogP contribution in [0.2, 0.25) is 0 Å². The standard InChI is InChI=1S/C14H21FN2O/c1-11-7-8-16(2)9-14(10-18)17(11)13-5-3-12(15)4-6-13/h3-6,11,14,18H,7-10H2,1-2H3. The molecule has 0 bridgehead atoms. The summed E-state index contributed by atoms with van der Waals surface area (Å²) in [5.41, 5.74) is 0.984. The quantitative estimate of drug-likeness (QED) is 0.868. The maximum absolute atomic E-state index is 13.0. The van der Waals surface area contributed by atoms with Crippen molar-refractivity contribution >= 4 is 5.69 Å². The van der Waals surface area contributed by atoms with Gasteiger partial charge >= 0.3 is 0 Å². The Morgan fingerprint density at radius 3 is 2.61 bits per heavy atom. The number of hydrogen-bond donors (Lipinski definition) is 1. The Kier molecular flexibility index (Phi) is 4.19. The van der Waals surface area contributed by atoms with E-state index in [1.54, 1.807) is 12.1 Å². The molecule has 0 aliphatic carbocycles. The summed E-state index contributed by atoms with van der Waals surface area (Å²) in [5, 5.41) is 9.60. The van der Waals surface area contributed by atoms with Crippen molar-refractivity contribution < 1.29 is 9.50 Å². The minimum atomic E-state index is -0.223. The second kappa shape index (κ2) is 5.67. The molecule has 1 heterocycles. The summed E-state index contributed by atoms with van der Waals surface area (Å²) < 4.78 is 13.0. The van der Waals surface area contributed by atoms with Crippen molar-refractivity contribution in [3.8, 4) is 0 Å². The second-order valence-corrected chi connectivity index (χ2v) is 5.12. The third kappa shape index (κ3) is 2.82. The van der Waals surface area contributed by atoms with Crippen molar-refractivity contribution in [1.29, 1.82) is 0 Å². The average molecular weight is 252 g/mol. The van der Waals surface area contributed by atoms with E-state index in [-0.39, 0.29) is 18.5 Å². The van der Waals surface area contributed by atoms with Crippen LogP contribution in [0, 0.1) is 5.82 Å². The van der Waals surface area contributed by atoms with Crippen LogP contribution in [0.15, 0.2) is 24.3 Å². The maximum Gasteiger partial charge on any atom is 0.123 e. The lowest BCUT2D eigenvalue weighted by Gasteiger charge is -2.36. The molecule has 1 fully saturated rings. The number of halogens is 1. The van der Waals surface area contributed by atoms with Gasteiger partial charge in [-0.3, -0.25) is 0 Å². The first-order valence-corrected chi connectivity index (χ1v) is 6.45. The van der Waals surface area contributed by atoms with Gasteiger partial charge in [0.15, 0.2) is 0 Å². The molecule has 4 heteroatoms. The Labute approximate surface area is 108 Å². The first kappa shape index (κ1) is 13.3. The van der Waals surface area contributed by atoms with Crippen LogP contribution in [-0.2, 0) is 0 Å². The Balaban J connectivity index is 2.28. The van der Waals surface area contributed by atoms with Crippen molar-refractivity contribution in [3.05, 3.63) is 30.1 Å². The van der Waals surface area contributed by atoms with Crippen LogP contribution in [0.4, 0.5) is 10.1 Å². The molecular weight excluding hydrogens is 231 g/mol. The maximum atomic E-state index is 13.0. The fourth-order valence-electron chi connectivity index (χ4n) is 2.67. The third-order valence-corrected chi connectivity index (χ3v) is 3.65. The molecule has 0 radical (unpaired) electrons. The molecule has 1 aromatic carbocycles. The minimum Gasteiger partial charge on any atom is -0.394 e. The SMILES string of the molecule is CC1CCN(C)CC(CO)N1c1ccc(F)cc1. The van der Waals surface area contributed by atoms with Crippen LogP contribution >= 0.6 is 0 Å². The largest absolute Gasteiger partial charge is 0.394 e. The Morgan fingerprint density at radius 1 is 1.33 bits per heavy atom. The summed E-state index contributed by atoms with van der Waals surface area (Å²) in [6, 6.07) is 6.95. The van der Waals surface area contributed by atoms with Gasteiger partial charge in [0.25, 0.3) is 0 Å². The molecule has 1 saturated heterocycles. The Bertz CT molecular complexity index is 382. The molecule has 0 spiro atoms. The zero-order valence-corrected chi connectivity index (χ0v) is 11.0. The van der Waals surface area contributed by atoms with E-state index in [1.165, 1.54) is 12.1 Å². The summed E-state index contributed by atoms with van der Waals surface area (Å²) in [4.78, 5) is 4.45. The summed E-state index contributed by atoms with van der Waals surface area (Å²) in [6.45, 7) is 4.13. The van der Waals surface area contributed by atoms with Crippen LogP contribution in [0.5, 0.6) is 0 Å². The molecule has 1 aromatic rings. The third-order valence-electron chi connectivity index (χ3n) is 3.65. The first-order valence-electron chi connectivity index (χ1n) is 6.45. The molecule has 100 valence electrons. The minimum absolute atomic E-state index is 0.0676. The molecule has 2 unspecified atom stereocenters. The van der Waals surface area contributed by atoms with Crippen molar-refractivity contribution in [1.82, 2.24) is 4.90 Å². The van der Waals surface area contributed by atoms with E-state index < -0.39 is 0 Å². The monoisotopic (exact) mass is 252 g/mol. The van der Waals surface area contributed by atoms with Crippen molar-refractivity contribution in [2.75, 3.05) is 31.6 Å². The lowest BCUT2D eigenvalue weighted by Crippen LogP contribution is -2.46. The number of rotatable bonds is 2. The number of aliphatic hydroxyl groups is 1. The van der Waals surface area contributed by atoms with E-state index >= 15 is 0 Å². The van der Waals surface area contributed by atoms with Gasteiger partial charge < -0.3 is 14.9 Å². The highest BCUT2D eigenvalue weighted by Crippen LogP contribution is 2.24. The summed E-state index contributed by atoms with van der Waals surface area (Å²) in [6.07, 6.45) is 1.05. The lowest BCUT2D eigenvalue weighted by molar-refractivity contribution is 0.228. The topological polar surface area (TPSA) is 26.7 Å². The second-order valence-electron chi connectivity index (χ2n) is 5.12. The highest BCUT2D eigenvalue weighted by molar-refractivity contribution is 5.48. The van der Waals surface area contributed by atoms with Crippen molar-refractivity contribution in [3.63, 3.8) is 0 Å². The summed E-state index contributed by atoms with van der Waals surface area (Å²) in [5.74, 6) is -0.223. The highest BCUT2D eigenvalue weighted by atomic mass is 19.1. The van der Waals surface area contributed by atoms with Crippen LogP contribution in [0.25, 0.3) is 0 Å². The molecular formula is C14H21FN2O. The molecule has 0 aromatic heterocycles. The van der Waals surface area contributed by atoms with Crippen molar-refractivity contribution in [2.24, 2.45) is 0 Å². The highest BCUT2D eigenvalue weighted by Gasteiger charge is 2.27. The van der Waals surface area contributed by atoms with Gasteiger partial charge in [0, 0.05) is 18.3 Å². The van der Waals surface area contributed by atoms with E-state index in [1.807, 2.05) is 0 Å². The molecule has 1 aliphatic rings. The molecule has 0 saturated carbocycles. The summed E-state index contributed by atoms with van der Waals surface area (Å²) in [7, 11) is 2.07. The van der Waals surface area contributed by atoms with Gasteiger partial charge in [0.05, 0.1) is 12.6 Å². The molecule has 18 heavy (non-hydrogen) atoms. The van der Waals surface area contributed by atoms with Gasteiger partial charge in [-0.1, -0.05) is 0 Å². The molecule has 3 nitrogen and oxygen atoms in total. The number of likely N-dealkylation sites (N-methyl/N-ethyl adjacent to an activating group) is 1. The van der Waals surface area contributed by atoms with E-state index in [0.717, 1.165) is 25.2 Å². The van der Waals surface area contributed by atoms with E-state index in [2.05, 4.69) is 23.8 Å². The molecule has 2 atom stereocenters. The number of nitrogens with zero attached hydrogens (tertiary/aromatic N) is 2. The normalized spacial score (nSPS) is 26.1. The molecule has 1 aliphatic heterocycles. The first-order chi connectivity index (χ1) is 8.61.